The lowest BCUT2D eigenvalue weighted by atomic mass is 9.69. The van der Waals surface area contributed by atoms with Crippen molar-refractivity contribution in [2.24, 2.45) is 11.3 Å². The molecule has 1 N–H and O–H groups in total. The minimum absolute atomic E-state index is 0.00103. The van der Waals surface area contributed by atoms with Gasteiger partial charge in [0.1, 0.15) is 0 Å². The van der Waals surface area contributed by atoms with Gasteiger partial charge < -0.3 is 14.6 Å². The van der Waals surface area contributed by atoms with Crippen molar-refractivity contribution in [2.75, 3.05) is 6.61 Å². The molecule has 112 valence electrons. The number of ether oxygens (including phenoxy) is 2. The van der Waals surface area contributed by atoms with Crippen LogP contribution in [0.1, 0.15) is 33.3 Å². The summed E-state index contributed by atoms with van der Waals surface area (Å²) in [5, 5.41) is 9.49. The van der Waals surface area contributed by atoms with Gasteiger partial charge >= 0.3 is 0 Å². The zero-order valence-corrected chi connectivity index (χ0v) is 12.9. The predicted molar refractivity (Wildman–Crippen MR) is 79.4 cm³/mol. The lowest BCUT2D eigenvalue weighted by Crippen LogP contribution is -2.55. The van der Waals surface area contributed by atoms with E-state index >= 15 is 0 Å². The molecule has 1 aliphatic heterocycles. The molecule has 3 nitrogen and oxygen atoms in total. The fourth-order valence-corrected chi connectivity index (χ4v) is 2.96. The molecule has 1 heterocycles. The van der Waals surface area contributed by atoms with Gasteiger partial charge in [-0.1, -0.05) is 51.1 Å². The molecule has 3 unspecified atom stereocenters. The minimum atomic E-state index is -0.121. The summed E-state index contributed by atoms with van der Waals surface area (Å²) in [4.78, 5) is 0. The molecule has 0 bridgehead atoms. The number of aliphatic hydroxyl groups is 1. The lowest BCUT2D eigenvalue weighted by molar-refractivity contribution is -0.222. The molecule has 1 fully saturated rings. The van der Waals surface area contributed by atoms with E-state index < -0.39 is 0 Å². The Balaban J connectivity index is 2.04. The topological polar surface area (TPSA) is 38.7 Å². The summed E-state index contributed by atoms with van der Waals surface area (Å²) in [7, 11) is 0. The van der Waals surface area contributed by atoms with Gasteiger partial charge in [0.15, 0.2) is 0 Å². The quantitative estimate of drug-likeness (QED) is 0.920. The van der Waals surface area contributed by atoms with Gasteiger partial charge in [0.05, 0.1) is 31.5 Å². The smallest absolute Gasteiger partial charge is 0.0870 e. The van der Waals surface area contributed by atoms with Crippen molar-refractivity contribution in [2.45, 2.75) is 52.6 Å². The molecule has 1 aliphatic rings. The maximum Gasteiger partial charge on any atom is 0.0870 e. The normalized spacial score (nSPS) is 33.0. The van der Waals surface area contributed by atoms with Gasteiger partial charge in [-0.15, -0.1) is 0 Å². The molecule has 0 amide bonds. The Hall–Kier alpha value is -0.900. The molecule has 1 saturated heterocycles. The average molecular weight is 278 g/mol. The molecule has 0 aliphatic carbocycles. The molecule has 0 spiro atoms. The number of rotatable bonds is 4. The van der Waals surface area contributed by atoms with E-state index in [-0.39, 0.29) is 30.3 Å². The second-order valence-electron chi connectivity index (χ2n) is 6.38. The van der Waals surface area contributed by atoms with E-state index in [0.29, 0.717) is 12.5 Å². The van der Waals surface area contributed by atoms with Crippen LogP contribution < -0.4 is 0 Å². The second-order valence-corrected chi connectivity index (χ2v) is 6.38. The molecule has 1 aromatic rings. The van der Waals surface area contributed by atoms with Crippen LogP contribution in [0.4, 0.5) is 0 Å². The highest BCUT2D eigenvalue weighted by Gasteiger charge is 2.47. The summed E-state index contributed by atoms with van der Waals surface area (Å²) < 4.78 is 12.1. The molecule has 2 rings (SSSR count). The van der Waals surface area contributed by atoms with E-state index in [1.165, 1.54) is 5.56 Å². The van der Waals surface area contributed by atoms with Gasteiger partial charge in [0, 0.05) is 0 Å². The van der Waals surface area contributed by atoms with Crippen molar-refractivity contribution in [3.63, 3.8) is 0 Å². The summed E-state index contributed by atoms with van der Waals surface area (Å²) in [5.41, 5.74) is 1.08. The largest absolute Gasteiger partial charge is 0.394 e. The second kappa shape index (κ2) is 6.25. The van der Waals surface area contributed by atoms with Crippen molar-refractivity contribution < 1.29 is 14.6 Å². The number of benzene rings is 1. The van der Waals surface area contributed by atoms with Crippen molar-refractivity contribution in [3.8, 4) is 0 Å². The van der Waals surface area contributed by atoms with Crippen LogP contribution >= 0.6 is 0 Å². The van der Waals surface area contributed by atoms with Crippen molar-refractivity contribution in [1.29, 1.82) is 0 Å². The first-order chi connectivity index (χ1) is 9.46. The van der Waals surface area contributed by atoms with E-state index in [2.05, 4.69) is 32.9 Å². The molecule has 4 atom stereocenters. The average Bonchev–Trinajstić information content (AvgIpc) is 2.44. The van der Waals surface area contributed by atoms with Gasteiger partial charge in [-0.05, 0) is 23.8 Å². The van der Waals surface area contributed by atoms with Gasteiger partial charge in [-0.2, -0.15) is 0 Å². The van der Waals surface area contributed by atoms with Crippen LogP contribution in [-0.4, -0.2) is 30.0 Å². The van der Waals surface area contributed by atoms with Gasteiger partial charge in [-0.25, -0.2) is 0 Å². The Labute approximate surface area is 121 Å². The first kappa shape index (κ1) is 15.5. The summed E-state index contributed by atoms with van der Waals surface area (Å²) in [6, 6.07) is 10.2. The van der Waals surface area contributed by atoms with Gasteiger partial charge in [0.25, 0.3) is 0 Å². The fourth-order valence-electron chi connectivity index (χ4n) is 2.96. The third-order valence-corrected chi connectivity index (χ3v) is 4.79. The van der Waals surface area contributed by atoms with E-state index in [4.69, 9.17) is 9.47 Å². The Morgan fingerprint density at radius 1 is 1.20 bits per heavy atom. The van der Waals surface area contributed by atoms with Crippen LogP contribution in [0.3, 0.4) is 0 Å². The minimum Gasteiger partial charge on any atom is -0.394 e. The monoisotopic (exact) mass is 278 g/mol. The third-order valence-electron chi connectivity index (χ3n) is 4.79. The molecule has 0 aromatic heterocycles. The van der Waals surface area contributed by atoms with Crippen molar-refractivity contribution in [1.82, 2.24) is 0 Å². The Kier molecular flexibility index (Phi) is 4.84. The van der Waals surface area contributed by atoms with Crippen molar-refractivity contribution >= 4 is 0 Å². The molecular formula is C17H26O3. The lowest BCUT2D eigenvalue weighted by Gasteiger charge is -2.49. The van der Waals surface area contributed by atoms with E-state index in [1.54, 1.807) is 0 Å². The molecule has 0 radical (unpaired) electrons. The number of hydrogen-bond donors (Lipinski definition) is 1. The third kappa shape index (κ3) is 3.05. The molecule has 0 saturated carbocycles. The standard InChI is InChI=1S/C17H26O3/c1-12-16(19-11-14-8-6-5-7-9-14)13(2)20-15(10-18)17(12,3)4/h5-9,12-13,15-16,18H,10-11H2,1-4H3/t12-,13?,15?,16?/m1/s1. The summed E-state index contributed by atoms with van der Waals surface area (Å²) >= 11 is 0. The first-order valence-corrected chi connectivity index (χ1v) is 7.38. The van der Waals surface area contributed by atoms with Crippen LogP contribution in [-0.2, 0) is 16.1 Å². The maximum absolute atomic E-state index is 9.49. The fraction of sp³-hybridized carbons (Fsp3) is 0.647. The van der Waals surface area contributed by atoms with Gasteiger partial charge in [-0.3, -0.25) is 0 Å². The zero-order chi connectivity index (χ0) is 14.8. The highest BCUT2D eigenvalue weighted by atomic mass is 16.6. The highest BCUT2D eigenvalue weighted by molar-refractivity contribution is 5.13. The van der Waals surface area contributed by atoms with Crippen molar-refractivity contribution in [3.05, 3.63) is 35.9 Å². The Morgan fingerprint density at radius 2 is 1.85 bits per heavy atom. The number of aliphatic hydroxyl groups excluding tert-OH is 1. The summed E-state index contributed by atoms with van der Waals surface area (Å²) in [6.07, 6.45) is -0.0732. The predicted octanol–water partition coefficient (Wildman–Crippen LogP) is 3.01. The molecular weight excluding hydrogens is 252 g/mol. The zero-order valence-electron chi connectivity index (χ0n) is 12.9. The van der Waals surface area contributed by atoms with Crippen LogP contribution in [0.5, 0.6) is 0 Å². The van der Waals surface area contributed by atoms with E-state index in [9.17, 15) is 5.11 Å². The summed E-state index contributed by atoms with van der Waals surface area (Å²) in [5.74, 6) is 0.326. The molecule has 1 aromatic carbocycles. The first-order valence-electron chi connectivity index (χ1n) is 7.38. The SMILES string of the molecule is CC1OC(CO)C(C)(C)[C@H](C)C1OCc1ccccc1. The molecule has 20 heavy (non-hydrogen) atoms. The van der Waals surface area contributed by atoms with Crippen LogP contribution in [0.2, 0.25) is 0 Å². The Morgan fingerprint density at radius 3 is 2.45 bits per heavy atom. The van der Waals surface area contributed by atoms with Gasteiger partial charge in [0.2, 0.25) is 0 Å². The van der Waals surface area contributed by atoms with Crippen LogP contribution in [0, 0.1) is 11.3 Å². The number of hydrogen-bond acceptors (Lipinski definition) is 3. The van der Waals surface area contributed by atoms with E-state index in [1.807, 2.05) is 25.1 Å². The maximum atomic E-state index is 9.49. The van der Waals surface area contributed by atoms with Crippen LogP contribution in [0.15, 0.2) is 30.3 Å². The Bertz CT molecular complexity index is 416. The summed E-state index contributed by atoms with van der Waals surface area (Å²) in [6.45, 7) is 9.17. The highest BCUT2D eigenvalue weighted by Crippen LogP contribution is 2.42. The van der Waals surface area contributed by atoms with Crippen LogP contribution in [0.25, 0.3) is 0 Å². The van der Waals surface area contributed by atoms with E-state index in [0.717, 1.165) is 0 Å². The molecule has 3 heteroatoms.